The molecule has 32 heavy (non-hydrogen) atoms. The molecule has 0 atom stereocenters. The van der Waals surface area contributed by atoms with Crippen LogP contribution in [0.15, 0.2) is 28.0 Å². The zero-order valence-electron chi connectivity index (χ0n) is 17.5. The molecule has 2 aromatic heterocycles. The number of rotatable bonds is 3. The molecule has 0 amide bonds. The van der Waals surface area contributed by atoms with Gasteiger partial charge in [0.25, 0.3) is 5.56 Å². The quantitative estimate of drug-likeness (QED) is 0.614. The second-order valence-electron chi connectivity index (χ2n) is 8.42. The molecule has 5 heterocycles. The Balaban J connectivity index is 1.26. The van der Waals surface area contributed by atoms with Gasteiger partial charge in [-0.25, -0.2) is 9.97 Å². The van der Waals surface area contributed by atoms with Crippen molar-refractivity contribution < 1.29 is 9.47 Å². The van der Waals surface area contributed by atoms with Crippen molar-refractivity contribution in [1.82, 2.24) is 19.9 Å². The maximum absolute atomic E-state index is 12.8. The molecule has 164 valence electrons. The molecule has 0 spiro atoms. The summed E-state index contributed by atoms with van der Waals surface area (Å²) in [6.07, 6.45) is 3.79. The molecule has 0 saturated carbocycles. The van der Waals surface area contributed by atoms with E-state index in [2.05, 4.69) is 19.9 Å². The molecule has 0 saturated heterocycles. The lowest BCUT2D eigenvalue weighted by Crippen LogP contribution is -2.36. The van der Waals surface area contributed by atoms with E-state index >= 15 is 0 Å². The first-order valence-corrected chi connectivity index (χ1v) is 11.3. The van der Waals surface area contributed by atoms with Gasteiger partial charge in [-0.3, -0.25) is 14.7 Å². The molecule has 0 aliphatic carbocycles. The van der Waals surface area contributed by atoms with Gasteiger partial charge in [-0.15, -0.1) is 0 Å². The molecular weight excluding hydrogens is 430 g/mol. The summed E-state index contributed by atoms with van der Waals surface area (Å²) in [5.74, 6) is 2.05. The lowest BCUT2D eigenvalue weighted by atomic mass is 10.0. The topological polar surface area (TPSA) is 92.7 Å². The number of pyridine rings is 1. The van der Waals surface area contributed by atoms with E-state index in [4.69, 9.17) is 26.1 Å². The van der Waals surface area contributed by atoms with Crippen LogP contribution in [0.1, 0.15) is 41.9 Å². The number of nitrogens with zero attached hydrogens (tertiary/aromatic N) is 4. The van der Waals surface area contributed by atoms with E-state index in [-0.39, 0.29) is 12.4 Å². The monoisotopic (exact) mass is 451 g/mol. The number of benzene rings is 1. The summed E-state index contributed by atoms with van der Waals surface area (Å²) < 4.78 is 10.9. The normalized spacial score (nSPS) is 18.0. The van der Waals surface area contributed by atoms with E-state index < -0.39 is 0 Å². The highest BCUT2D eigenvalue weighted by Crippen LogP contribution is 2.36. The second kappa shape index (κ2) is 7.86. The van der Waals surface area contributed by atoms with Gasteiger partial charge in [0.15, 0.2) is 17.3 Å². The smallest absolute Gasteiger partial charge is 0.255 e. The molecule has 0 bridgehead atoms. The van der Waals surface area contributed by atoms with Crippen LogP contribution >= 0.6 is 11.6 Å². The molecule has 9 heteroatoms. The summed E-state index contributed by atoms with van der Waals surface area (Å²) in [6, 6.07) is 5.82. The third kappa shape index (κ3) is 3.53. The highest BCUT2D eigenvalue weighted by atomic mass is 35.5. The van der Waals surface area contributed by atoms with Crippen LogP contribution in [0.2, 0.25) is 5.15 Å². The van der Waals surface area contributed by atoms with Crippen LogP contribution in [0.3, 0.4) is 0 Å². The number of aromatic nitrogens is 3. The number of H-pyrrole nitrogens is 1. The Kier molecular flexibility index (Phi) is 4.84. The molecule has 3 aromatic rings. The summed E-state index contributed by atoms with van der Waals surface area (Å²) >= 11 is 6.51. The van der Waals surface area contributed by atoms with Gasteiger partial charge < -0.3 is 14.5 Å². The van der Waals surface area contributed by atoms with E-state index in [1.807, 2.05) is 18.2 Å². The van der Waals surface area contributed by atoms with Crippen molar-refractivity contribution in [3.8, 4) is 11.5 Å². The minimum absolute atomic E-state index is 0.0709. The van der Waals surface area contributed by atoms with Gasteiger partial charge in [0.2, 0.25) is 6.79 Å². The third-order valence-electron chi connectivity index (χ3n) is 6.27. The molecule has 0 radical (unpaired) electrons. The molecule has 6 rings (SSSR count). The molecule has 0 unspecified atom stereocenters. The van der Waals surface area contributed by atoms with Crippen LogP contribution in [0.4, 0.5) is 0 Å². The van der Waals surface area contributed by atoms with E-state index in [0.29, 0.717) is 29.8 Å². The number of hydrogen-bond acceptors (Lipinski definition) is 7. The van der Waals surface area contributed by atoms with Crippen LogP contribution in [0.25, 0.3) is 10.9 Å². The van der Waals surface area contributed by atoms with Crippen LogP contribution in [0.5, 0.6) is 11.5 Å². The van der Waals surface area contributed by atoms with Gasteiger partial charge >= 0.3 is 0 Å². The molecule has 1 N–H and O–H groups in total. The predicted octanol–water partition coefficient (Wildman–Crippen LogP) is 3.23. The first-order valence-electron chi connectivity index (χ1n) is 10.9. The Bertz CT molecular complexity index is 1320. The fraction of sp³-hybridized carbons (Fsp3) is 0.391. The molecule has 0 fully saturated rings. The van der Waals surface area contributed by atoms with E-state index in [1.165, 1.54) is 0 Å². The van der Waals surface area contributed by atoms with Crippen molar-refractivity contribution in [2.75, 3.05) is 19.9 Å². The highest BCUT2D eigenvalue weighted by Gasteiger charge is 2.24. The van der Waals surface area contributed by atoms with Gasteiger partial charge in [-0.05, 0) is 31.4 Å². The Morgan fingerprint density at radius 3 is 2.81 bits per heavy atom. The maximum Gasteiger partial charge on any atom is 0.255 e. The van der Waals surface area contributed by atoms with Crippen LogP contribution in [0, 0.1) is 0 Å². The summed E-state index contributed by atoms with van der Waals surface area (Å²) in [5, 5.41) is 1.41. The molecule has 8 nitrogen and oxygen atoms in total. The minimum atomic E-state index is -0.0709. The zero-order valence-corrected chi connectivity index (χ0v) is 18.2. The number of aliphatic imine (C=N–C) groups is 1. The first kappa shape index (κ1) is 19.7. The summed E-state index contributed by atoms with van der Waals surface area (Å²) in [6.45, 7) is 2.96. The fourth-order valence-corrected chi connectivity index (χ4v) is 4.78. The van der Waals surface area contributed by atoms with Crippen molar-refractivity contribution in [1.29, 1.82) is 0 Å². The Hall–Kier alpha value is -2.97. The van der Waals surface area contributed by atoms with Crippen LogP contribution < -0.4 is 15.0 Å². The SMILES string of the molecule is O=c1[nH]c(C2=NCCCC2)nc2c1CN(Cc1cc3cc4c(cc3nc1Cl)OCO4)CC2. The van der Waals surface area contributed by atoms with Gasteiger partial charge in [-0.1, -0.05) is 11.6 Å². The Morgan fingerprint density at radius 2 is 1.97 bits per heavy atom. The van der Waals surface area contributed by atoms with Crippen LogP contribution in [-0.2, 0) is 19.5 Å². The summed E-state index contributed by atoms with van der Waals surface area (Å²) in [4.78, 5) is 31.9. The second-order valence-corrected chi connectivity index (χ2v) is 8.78. The number of aromatic amines is 1. The fourth-order valence-electron chi connectivity index (χ4n) is 4.58. The number of hydrogen-bond donors (Lipinski definition) is 1. The average Bonchev–Trinajstić information content (AvgIpc) is 3.26. The molecule has 1 aromatic carbocycles. The van der Waals surface area contributed by atoms with E-state index in [1.54, 1.807) is 0 Å². The van der Waals surface area contributed by atoms with Crippen molar-refractivity contribution in [2.24, 2.45) is 4.99 Å². The third-order valence-corrected chi connectivity index (χ3v) is 6.60. The van der Waals surface area contributed by atoms with Crippen molar-refractivity contribution in [3.63, 3.8) is 0 Å². The Labute approximate surface area is 189 Å². The first-order chi connectivity index (χ1) is 15.6. The van der Waals surface area contributed by atoms with Gasteiger partial charge in [-0.2, -0.15) is 0 Å². The van der Waals surface area contributed by atoms with Gasteiger partial charge in [0.05, 0.1) is 22.5 Å². The average molecular weight is 452 g/mol. The Morgan fingerprint density at radius 1 is 1.09 bits per heavy atom. The molecule has 3 aliphatic heterocycles. The zero-order chi connectivity index (χ0) is 21.7. The van der Waals surface area contributed by atoms with Crippen molar-refractivity contribution in [2.45, 2.75) is 38.8 Å². The number of nitrogens with one attached hydrogen (secondary N) is 1. The number of halogens is 1. The predicted molar refractivity (Wildman–Crippen MR) is 121 cm³/mol. The largest absolute Gasteiger partial charge is 0.454 e. The lowest BCUT2D eigenvalue weighted by molar-refractivity contribution is 0.174. The molecular formula is C23H22ClN5O3. The number of fused-ring (bicyclic) bond motifs is 3. The standard InChI is InChI=1S/C23H22ClN5O3/c24-21-14(7-13-8-19-20(32-12-31-19)9-18(13)26-21)10-29-6-4-16-15(11-29)23(30)28-22(27-16)17-3-1-2-5-25-17/h7-9H,1-6,10-12H2,(H,27,28,30). The minimum Gasteiger partial charge on any atom is -0.454 e. The van der Waals surface area contributed by atoms with Crippen LogP contribution in [-0.4, -0.2) is 45.4 Å². The molecule has 3 aliphatic rings. The lowest BCUT2D eigenvalue weighted by Gasteiger charge is -2.28. The van der Waals surface area contributed by atoms with Crippen molar-refractivity contribution in [3.05, 3.63) is 56.4 Å². The maximum atomic E-state index is 12.8. The summed E-state index contributed by atoms with van der Waals surface area (Å²) in [7, 11) is 0. The van der Waals surface area contributed by atoms with E-state index in [0.717, 1.165) is 78.0 Å². The van der Waals surface area contributed by atoms with E-state index in [9.17, 15) is 4.79 Å². The highest BCUT2D eigenvalue weighted by molar-refractivity contribution is 6.30. The van der Waals surface area contributed by atoms with Gasteiger partial charge in [0, 0.05) is 49.6 Å². The number of ether oxygens (including phenoxy) is 2. The summed E-state index contributed by atoms with van der Waals surface area (Å²) in [5.41, 5.74) is 4.14. The van der Waals surface area contributed by atoms with Gasteiger partial charge in [0.1, 0.15) is 5.15 Å². The van der Waals surface area contributed by atoms with Crippen molar-refractivity contribution >= 4 is 28.2 Å².